The molecule has 1 aromatic heterocycles. The van der Waals surface area contributed by atoms with E-state index in [2.05, 4.69) is 27.2 Å². The van der Waals surface area contributed by atoms with E-state index in [9.17, 15) is 0 Å². The van der Waals surface area contributed by atoms with E-state index in [0.29, 0.717) is 11.9 Å². The van der Waals surface area contributed by atoms with Crippen LogP contribution in [0.2, 0.25) is 0 Å². The van der Waals surface area contributed by atoms with Gasteiger partial charge in [-0.3, -0.25) is 0 Å². The molecule has 1 aliphatic heterocycles. The summed E-state index contributed by atoms with van der Waals surface area (Å²) in [5.41, 5.74) is 5.58. The normalized spacial score (nSPS) is 21.0. The van der Waals surface area contributed by atoms with Crippen molar-refractivity contribution in [1.29, 1.82) is 0 Å². The third-order valence-electron chi connectivity index (χ3n) is 2.67. The molecule has 1 aromatic rings. The molecule has 1 fully saturated rings. The molecule has 1 aliphatic rings. The van der Waals surface area contributed by atoms with Crippen LogP contribution in [0, 0.1) is 0 Å². The molecule has 3 N–H and O–H groups in total. The topological polar surface area (TPSA) is 76.3 Å². The van der Waals surface area contributed by atoms with Crippen LogP contribution in [-0.4, -0.2) is 48.2 Å². The fourth-order valence-electron chi connectivity index (χ4n) is 1.88. The lowest BCUT2D eigenvalue weighted by Gasteiger charge is -2.14. The van der Waals surface area contributed by atoms with Crippen molar-refractivity contribution in [3.8, 4) is 5.88 Å². The Labute approximate surface area is 94.8 Å². The van der Waals surface area contributed by atoms with Crippen LogP contribution in [0.25, 0.3) is 0 Å². The Morgan fingerprint density at radius 1 is 1.56 bits per heavy atom. The summed E-state index contributed by atoms with van der Waals surface area (Å²) in [5, 5.41) is 3.33. The van der Waals surface area contributed by atoms with E-state index in [1.807, 2.05) is 0 Å². The van der Waals surface area contributed by atoms with Crippen LogP contribution in [0.3, 0.4) is 0 Å². The minimum Gasteiger partial charge on any atom is -0.481 e. The number of ether oxygens (including phenoxy) is 1. The summed E-state index contributed by atoms with van der Waals surface area (Å²) in [4.78, 5) is 10.3. The smallest absolute Gasteiger partial charge is 0.225 e. The summed E-state index contributed by atoms with van der Waals surface area (Å²) in [6.45, 7) is 2.13. The standard InChI is InChI=1S/C10H17N5O/c1-15-4-3-7(6-15)12-8-5-9(16-2)14-10(11)13-8/h5,7H,3-4,6H2,1-2H3,(H3,11,12,13,14). The Morgan fingerprint density at radius 2 is 2.38 bits per heavy atom. The zero-order chi connectivity index (χ0) is 11.5. The Balaban J connectivity index is 2.06. The van der Waals surface area contributed by atoms with Gasteiger partial charge in [-0.1, -0.05) is 0 Å². The molecule has 1 atom stereocenters. The first-order valence-corrected chi connectivity index (χ1v) is 5.31. The number of likely N-dealkylation sites (tertiary alicyclic amines) is 1. The molecule has 0 aromatic carbocycles. The molecule has 0 spiro atoms. The fourth-order valence-corrected chi connectivity index (χ4v) is 1.88. The average Bonchev–Trinajstić information content (AvgIpc) is 2.63. The lowest BCUT2D eigenvalue weighted by molar-refractivity contribution is 0.397. The number of anilines is 2. The van der Waals surface area contributed by atoms with Crippen molar-refractivity contribution in [3.05, 3.63) is 6.07 Å². The Hall–Kier alpha value is -1.56. The third-order valence-corrected chi connectivity index (χ3v) is 2.67. The number of methoxy groups -OCH3 is 1. The third kappa shape index (κ3) is 2.52. The fraction of sp³-hybridized carbons (Fsp3) is 0.600. The summed E-state index contributed by atoms with van der Waals surface area (Å²) < 4.78 is 5.04. The first kappa shape index (κ1) is 10.9. The number of rotatable bonds is 3. The zero-order valence-electron chi connectivity index (χ0n) is 9.60. The number of nitrogens with zero attached hydrogens (tertiary/aromatic N) is 3. The highest BCUT2D eigenvalue weighted by Gasteiger charge is 2.19. The van der Waals surface area contributed by atoms with Gasteiger partial charge in [0.1, 0.15) is 5.82 Å². The minimum atomic E-state index is 0.230. The van der Waals surface area contributed by atoms with Crippen LogP contribution in [0.15, 0.2) is 6.07 Å². The molecule has 88 valence electrons. The molecule has 1 unspecified atom stereocenters. The van der Waals surface area contributed by atoms with Crippen molar-refractivity contribution in [3.63, 3.8) is 0 Å². The van der Waals surface area contributed by atoms with Crippen LogP contribution < -0.4 is 15.8 Å². The molecule has 6 heteroatoms. The van der Waals surface area contributed by atoms with E-state index in [1.165, 1.54) is 0 Å². The molecule has 0 amide bonds. The van der Waals surface area contributed by atoms with Crippen molar-refractivity contribution in [2.75, 3.05) is 38.3 Å². The molecule has 0 bridgehead atoms. The number of nitrogens with one attached hydrogen (secondary N) is 1. The molecule has 6 nitrogen and oxygen atoms in total. The largest absolute Gasteiger partial charge is 0.481 e. The van der Waals surface area contributed by atoms with Gasteiger partial charge in [-0.15, -0.1) is 0 Å². The van der Waals surface area contributed by atoms with Crippen molar-refractivity contribution in [1.82, 2.24) is 14.9 Å². The van der Waals surface area contributed by atoms with Crippen molar-refractivity contribution in [2.24, 2.45) is 0 Å². The first-order valence-electron chi connectivity index (χ1n) is 5.31. The van der Waals surface area contributed by atoms with E-state index < -0.39 is 0 Å². The van der Waals surface area contributed by atoms with E-state index >= 15 is 0 Å². The zero-order valence-corrected chi connectivity index (χ0v) is 9.60. The van der Waals surface area contributed by atoms with Gasteiger partial charge >= 0.3 is 0 Å². The predicted molar refractivity (Wildman–Crippen MR) is 62.5 cm³/mol. The number of nitrogen functional groups attached to an aromatic ring is 1. The van der Waals surface area contributed by atoms with Gasteiger partial charge in [0.05, 0.1) is 7.11 Å². The van der Waals surface area contributed by atoms with Crippen LogP contribution in [0.5, 0.6) is 5.88 Å². The number of nitrogens with two attached hydrogens (primary N) is 1. The van der Waals surface area contributed by atoms with Gasteiger partial charge in [0.15, 0.2) is 0 Å². The maximum Gasteiger partial charge on any atom is 0.225 e. The van der Waals surface area contributed by atoms with Crippen molar-refractivity contribution >= 4 is 11.8 Å². The van der Waals surface area contributed by atoms with E-state index in [4.69, 9.17) is 10.5 Å². The quantitative estimate of drug-likeness (QED) is 0.761. The number of hydrogen-bond donors (Lipinski definition) is 2. The number of aromatic nitrogens is 2. The Morgan fingerprint density at radius 3 is 3.00 bits per heavy atom. The molecule has 2 rings (SSSR count). The summed E-state index contributed by atoms with van der Waals surface area (Å²) in [6, 6.07) is 2.18. The van der Waals surface area contributed by atoms with E-state index in [1.54, 1.807) is 13.2 Å². The molecular weight excluding hydrogens is 206 g/mol. The summed E-state index contributed by atoms with van der Waals surface area (Å²) >= 11 is 0. The lowest BCUT2D eigenvalue weighted by Crippen LogP contribution is -2.24. The maximum absolute atomic E-state index is 5.58. The Bertz CT molecular complexity index is 370. The first-order chi connectivity index (χ1) is 7.67. The second kappa shape index (κ2) is 4.52. The van der Waals surface area contributed by atoms with Crippen molar-refractivity contribution < 1.29 is 4.74 Å². The predicted octanol–water partition coefficient (Wildman–Crippen LogP) is 0.183. The molecule has 0 saturated carbocycles. The maximum atomic E-state index is 5.58. The van der Waals surface area contributed by atoms with E-state index in [-0.39, 0.29) is 5.95 Å². The molecule has 16 heavy (non-hydrogen) atoms. The molecule has 1 saturated heterocycles. The summed E-state index contributed by atoms with van der Waals surface area (Å²) in [7, 11) is 3.67. The van der Waals surface area contributed by atoms with Crippen LogP contribution in [0.4, 0.5) is 11.8 Å². The highest BCUT2D eigenvalue weighted by atomic mass is 16.5. The van der Waals surface area contributed by atoms with Gasteiger partial charge < -0.3 is 20.7 Å². The molecule has 0 aliphatic carbocycles. The summed E-state index contributed by atoms with van der Waals surface area (Å²) in [5.74, 6) is 1.44. The van der Waals surface area contributed by atoms with E-state index in [0.717, 1.165) is 25.3 Å². The van der Waals surface area contributed by atoms with Gasteiger partial charge in [-0.25, -0.2) is 0 Å². The van der Waals surface area contributed by atoms with Gasteiger partial charge in [0.2, 0.25) is 11.8 Å². The SMILES string of the molecule is COc1cc(NC2CCN(C)C2)nc(N)n1. The minimum absolute atomic E-state index is 0.230. The second-order valence-electron chi connectivity index (χ2n) is 4.05. The van der Waals surface area contributed by atoms with Crippen LogP contribution >= 0.6 is 0 Å². The van der Waals surface area contributed by atoms with Gasteiger partial charge in [-0.2, -0.15) is 9.97 Å². The molecular formula is C10H17N5O. The Kier molecular flexibility index (Phi) is 3.09. The average molecular weight is 223 g/mol. The van der Waals surface area contributed by atoms with Gasteiger partial charge in [-0.05, 0) is 20.0 Å². The number of hydrogen-bond acceptors (Lipinski definition) is 6. The summed E-state index contributed by atoms with van der Waals surface area (Å²) in [6.07, 6.45) is 1.11. The van der Waals surface area contributed by atoms with Crippen molar-refractivity contribution in [2.45, 2.75) is 12.5 Å². The molecule has 0 radical (unpaired) electrons. The highest BCUT2D eigenvalue weighted by molar-refractivity contribution is 5.43. The van der Waals surface area contributed by atoms with Gasteiger partial charge in [0.25, 0.3) is 0 Å². The lowest BCUT2D eigenvalue weighted by atomic mass is 10.2. The van der Waals surface area contributed by atoms with Crippen LogP contribution in [0.1, 0.15) is 6.42 Å². The highest BCUT2D eigenvalue weighted by Crippen LogP contribution is 2.17. The number of likely N-dealkylation sites (N-methyl/N-ethyl adjacent to an activating group) is 1. The van der Waals surface area contributed by atoms with Gasteiger partial charge in [0, 0.05) is 18.7 Å². The second-order valence-corrected chi connectivity index (χ2v) is 4.05. The van der Waals surface area contributed by atoms with Crippen LogP contribution in [-0.2, 0) is 0 Å². The molecule has 2 heterocycles. The monoisotopic (exact) mass is 223 g/mol.